The number of carboxylic acid groups (broad SMARTS) is 1. The van der Waals surface area contributed by atoms with Crippen LogP contribution in [0.1, 0.15) is 46.7 Å². The van der Waals surface area contributed by atoms with Gasteiger partial charge in [0.05, 0.1) is 11.6 Å². The summed E-state index contributed by atoms with van der Waals surface area (Å²) >= 11 is 7.78. The van der Waals surface area contributed by atoms with Crippen molar-refractivity contribution in [2.45, 2.75) is 44.4 Å². The predicted molar refractivity (Wildman–Crippen MR) is 99.4 cm³/mol. The molecule has 0 radical (unpaired) electrons. The molecule has 0 spiro atoms. The zero-order valence-corrected chi connectivity index (χ0v) is 16.2. The van der Waals surface area contributed by atoms with Crippen molar-refractivity contribution in [3.05, 3.63) is 56.2 Å². The van der Waals surface area contributed by atoms with Crippen molar-refractivity contribution in [2.75, 3.05) is 6.54 Å². The molecule has 0 saturated carbocycles. The quantitative estimate of drug-likeness (QED) is 0.686. The highest BCUT2D eigenvalue weighted by Crippen LogP contribution is 2.42. The fourth-order valence-corrected chi connectivity index (χ4v) is 4.83. The highest BCUT2D eigenvalue weighted by atomic mass is 35.5. The molecule has 1 fully saturated rings. The molecule has 2 heterocycles. The first-order chi connectivity index (χ1) is 12.7. The van der Waals surface area contributed by atoms with Crippen LogP contribution in [-0.4, -0.2) is 28.6 Å². The third-order valence-electron chi connectivity index (χ3n) is 4.83. The molecule has 146 valence electrons. The minimum absolute atomic E-state index is 0.204. The molecule has 8 heteroatoms. The Morgan fingerprint density at radius 1 is 1.37 bits per heavy atom. The molecule has 2 atom stereocenters. The average Bonchev–Trinajstić information content (AvgIpc) is 3.25. The third-order valence-corrected chi connectivity index (χ3v) is 6.46. The van der Waals surface area contributed by atoms with Crippen molar-refractivity contribution >= 4 is 28.9 Å². The average molecular weight is 418 g/mol. The zero-order valence-electron chi connectivity index (χ0n) is 14.6. The molecule has 1 aromatic carbocycles. The summed E-state index contributed by atoms with van der Waals surface area (Å²) in [7, 11) is 0. The Balaban J connectivity index is 2.14. The molecule has 3 nitrogen and oxygen atoms in total. The van der Waals surface area contributed by atoms with E-state index in [0.29, 0.717) is 24.9 Å². The van der Waals surface area contributed by atoms with Gasteiger partial charge in [0.1, 0.15) is 6.04 Å². The van der Waals surface area contributed by atoms with Crippen molar-refractivity contribution in [1.82, 2.24) is 4.90 Å². The van der Waals surface area contributed by atoms with E-state index in [1.807, 2.05) is 19.1 Å². The summed E-state index contributed by atoms with van der Waals surface area (Å²) in [5.41, 5.74) is -0.491. The van der Waals surface area contributed by atoms with Gasteiger partial charge in [-0.15, -0.1) is 11.3 Å². The molecule has 0 aliphatic carbocycles. The van der Waals surface area contributed by atoms with E-state index in [0.717, 1.165) is 28.3 Å². The maximum absolute atomic E-state index is 13.3. The number of thiophene rings is 1. The van der Waals surface area contributed by atoms with Gasteiger partial charge in [0, 0.05) is 21.3 Å². The van der Waals surface area contributed by atoms with E-state index in [1.54, 1.807) is 4.90 Å². The van der Waals surface area contributed by atoms with E-state index >= 15 is 0 Å². The number of rotatable bonds is 5. The fourth-order valence-electron chi connectivity index (χ4n) is 3.52. The van der Waals surface area contributed by atoms with E-state index in [1.165, 1.54) is 17.4 Å². The van der Waals surface area contributed by atoms with E-state index in [2.05, 4.69) is 0 Å². The van der Waals surface area contributed by atoms with Crippen molar-refractivity contribution in [1.29, 1.82) is 0 Å². The second kappa shape index (κ2) is 7.81. The lowest BCUT2D eigenvalue weighted by Crippen LogP contribution is -2.39. The molecule has 1 saturated heterocycles. The summed E-state index contributed by atoms with van der Waals surface area (Å²) in [5.74, 6) is -0.965. The van der Waals surface area contributed by atoms with Gasteiger partial charge < -0.3 is 5.11 Å². The van der Waals surface area contributed by atoms with Gasteiger partial charge in [0.25, 0.3) is 0 Å². The van der Waals surface area contributed by atoms with Gasteiger partial charge in [-0.25, -0.2) is 0 Å². The second-order valence-corrected chi connectivity index (χ2v) is 8.14. The van der Waals surface area contributed by atoms with Crippen LogP contribution in [0.5, 0.6) is 0 Å². The Morgan fingerprint density at radius 3 is 2.70 bits per heavy atom. The molecule has 27 heavy (non-hydrogen) atoms. The Labute approximate surface area is 164 Å². The summed E-state index contributed by atoms with van der Waals surface area (Å²) in [6.07, 6.45) is -2.55. The normalized spacial score (nSPS) is 19.4. The number of hydrogen-bond acceptors (Lipinski definition) is 3. The lowest BCUT2D eigenvalue weighted by Gasteiger charge is -2.32. The van der Waals surface area contributed by atoms with Gasteiger partial charge in [-0.05, 0) is 55.2 Å². The van der Waals surface area contributed by atoms with Crippen LogP contribution in [0.25, 0.3) is 0 Å². The summed E-state index contributed by atoms with van der Waals surface area (Å²) in [4.78, 5) is 15.4. The van der Waals surface area contributed by atoms with E-state index < -0.39 is 29.8 Å². The minimum Gasteiger partial charge on any atom is -0.480 e. The van der Waals surface area contributed by atoms with Crippen molar-refractivity contribution in [3.8, 4) is 0 Å². The number of carboxylic acids is 1. The topological polar surface area (TPSA) is 40.5 Å². The summed E-state index contributed by atoms with van der Waals surface area (Å²) < 4.78 is 39.8. The summed E-state index contributed by atoms with van der Waals surface area (Å²) in [6.45, 7) is 2.49. The first kappa shape index (κ1) is 20.2. The highest BCUT2D eigenvalue weighted by Gasteiger charge is 2.39. The van der Waals surface area contributed by atoms with Gasteiger partial charge in [-0.1, -0.05) is 18.5 Å². The largest absolute Gasteiger partial charge is 0.480 e. The molecule has 3 rings (SSSR count). The molecular formula is C19H19ClF3NO2S. The molecule has 1 aliphatic rings. The van der Waals surface area contributed by atoms with Gasteiger partial charge >= 0.3 is 12.1 Å². The van der Waals surface area contributed by atoms with Crippen LogP contribution in [0.2, 0.25) is 5.02 Å². The van der Waals surface area contributed by atoms with Crippen LogP contribution in [0.15, 0.2) is 30.3 Å². The maximum atomic E-state index is 13.3. The van der Waals surface area contributed by atoms with E-state index in [9.17, 15) is 23.1 Å². The zero-order chi connectivity index (χ0) is 19.8. The number of carbonyl (C=O) groups is 1. The van der Waals surface area contributed by atoms with E-state index in [-0.39, 0.29) is 5.02 Å². The maximum Gasteiger partial charge on any atom is 0.416 e. The Morgan fingerprint density at radius 2 is 2.11 bits per heavy atom. The first-order valence-electron chi connectivity index (χ1n) is 8.66. The molecule has 0 amide bonds. The molecule has 1 aromatic heterocycles. The van der Waals surface area contributed by atoms with Gasteiger partial charge in [0.15, 0.2) is 0 Å². The first-order valence-corrected chi connectivity index (χ1v) is 9.85. The Bertz CT molecular complexity index is 837. The van der Waals surface area contributed by atoms with Gasteiger partial charge in [-0.3, -0.25) is 9.69 Å². The Kier molecular flexibility index (Phi) is 5.84. The minimum atomic E-state index is -4.49. The van der Waals surface area contributed by atoms with Gasteiger partial charge in [0.2, 0.25) is 0 Å². The number of likely N-dealkylation sites (tertiary alicyclic amines) is 1. The Hall–Kier alpha value is -1.57. The summed E-state index contributed by atoms with van der Waals surface area (Å²) in [5, 5.41) is 9.78. The molecule has 1 aliphatic heterocycles. The number of nitrogens with zero attached hydrogens (tertiary/aromatic N) is 1. The number of aryl methyl sites for hydroxylation is 1. The highest BCUT2D eigenvalue weighted by molar-refractivity contribution is 7.12. The SMILES string of the molecule is CCc1ccc(C(c2cc(C(F)(F)F)ccc2Cl)N2CCCC2C(=O)O)s1. The number of benzene rings is 1. The fraction of sp³-hybridized carbons (Fsp3) is 0.421. The smallest absolute Gasteiger partial charge is 0.416 e. The van der Waals surface area contributed by atoms with Gasteiger partial charge in [-0.2, -0.15) is 13.2 Å². The van der Waals surface area contributed by atoms with Crippen LogP contribution < -0.4 is 0 Å². The van der Waals surface area contributed by atoms with Crippen LogP contribution >= 0.6 is 22.9 Å². The van der Waals surface area contributed by atoms with Crippen molar-refractivity contribution in [2.24, 2.45) is 0 Å². The molecule has 2 aromatic rings. The summed E-state index contributed by atoms with van der Waals surface area (Å²) in [6, 6.07) is 5.68. The number of alkyl halides is 3. The lowest BCUT2D eigenvalue weighted by molar-refractivity contribution is -0.143. The van der Waals surface area contributed by atoms with Crippen molar-refractivity contribution < 1.29 is 23.1 Å². The predicted octanol–water partition coefficient (Wildman–Crippen LogP) is 5.62. The third kappa shape index (κ3) is 4.15. The number of hydrogen-bond donors (Lipinski definition) is 1. The molecule has 0 bridgehead atoms. The van der Waals surface area contributed by atoms with E-state index in [4.69, 9.17) is 11.6 Å². The number of aliphatic carboxylic acids is 1. The van der Waals surface area contributed by atoms with Crippen molar-refractivity contribution in [3.63, 3.8) is 0 Å². The lowest BCUT2D eigenvalue weighted by atomic mass is 9.99. The molecular weight excluding hydrogens is 399 g/mol. The molecule has 2 unspecified atom stereocenters. The second-order valence-electron chi connectivity index (χ2n) is 6.53. The van der Waals surface area contributed by atoms with Crippen LogP contribution in [0, 0.1) is 0 Å². The standard InChI is InChI=1S/C19H19ClF3NO2S/c1-2-12-6-8-16(27-12)17(24-9-3-4-15(24)18(25)26)13-10-11(19(21,22)23)5-7-14(13)20/h5-8,10,15,17H,2-4,9H2,1H3,(H,25,26). The monoisotopic (exact) mass is 417 g/mol. The van der Waals surface area contributed by atoms with Crippen LogP contribution in [0.4, 0.5) is 13.2 Å². The number of halogens is 4. The van der Waals surface area contributed by atoms with Crippen LogP contribution in [0.3, 0.4) is 0 Å². The molecule has 1 N–H and O–H groups in total. The van der Waals surface area contributed by atoms with Crippen LogP contribution in [-0.2, 0) is 17.4 Å².